The summed E-state index contributed by atoms with van der Waals surface area (Å²) in [7, 11) is 0. The monoisotopic (exact) mass is 428 g/mol. The van der Waals surface area contributed by atoms with Crippen molar-refractivity contribution in [3.8, 4) is 22.3 Å². The SMILES string of the molecule is CCc1ccc(C=Cc2ccc(-c3ccc(-c4ccc(C)cc4)c(F)c3F)cc2)c(F)c1. The number of hydrogen-bond acceptors (Lipinski definition) is 0. The first-order valence-corrected chi connectivity index (χ1v) is 10.6. The molecule has 0 unspecified atom stereocenters. The van der Waals surface area contributed by atoms with Gasteiger partial charge in [0.05, 0.1) is 0 Å². The highest BCUT2D eigenvalue weighted by atomic mass is 19.2. The van der Waals surface area contributed by atoms with Gasteiger partial charge < -0.3 is 0 Å². The van der Waals surface area contributed by atoms with Crippen molar-refractivity contribution < 1.29 is 13.2 Å². The quantitative estimate of drug-likeness (QED) is 0.280. The predicted molar refractivity (Wildman–Crippen MR) is 127 cm³/mol. The van der Waals surface area contributed by atoms with Crippen molar-refractivity contribution in [1.29, 1.82) is 0 Å². The molecule has 0 saturated carbocycles. The Hall–Kier alpha value is -3.59. The maximum atomic E-state index is 14.9. The van der Waals surface area contributed by atoms with E-state index in [1.165, 1.54) is 0 Å². The van der Waals surface area contributed by atoms with Crippen molar-refractivity contribution in [3.63, 3.8) is 0 Å². The highest BCUT2D eigenvalue weighted by molar-refractivity contribution is 5.74. The van der Waals surface area contributed by atoms with Crippen LogP contribution < -0.4 is 0 Å². The third-order valence-electron chi connectivity index (χ3n) is 5.60. The largest absolute Gasteiger partial charge is 0.206 e. The van der Waals surface area contributed by atoms with Crippen LogP contribution in [0.3, 0.4) is 0 Å². The summed E-state index contributed by atoms with van der Waals surface area (Å²) in [5.74, 6) is -1.99. The van der Waals surface area contributed by atoms with Gasteiger partial charge in [0.25, 0.3) is 0 Å². The second-order valence-corrected chi connectivity index (χ2v) is 7.82. The maximum absolute atomic E-state index is 14.9. The van der Waals surface area contributed by atoms with Crippen LogP contribution in [0.15, 0.2) is 78.9 Å². The normalized spacial score (nSPS) is 11.3. The lowest BCUT2D eigenvalue weighted by Crippen LogP contribution is -1.94. The van der Waals surface area contributed by atoms with Crippen molar-refractivity contribution in [2.45, 2.75) is 20.3 Å². The Balaban J connectivity index is 1.57. The van der Waals surface area contributed by atoms with Crippen LogP contribution >= 0.6 is 0 Å². The molecule has 0 amide bonds. The van der Waals surface area contributed by atoms with Crippen molar-refractivity contribution >= 4 is 12.2 Å². The average Bonchev–Trinajstić information content (AvgIpc) is 2.81. The Bertz CT molecular complexity index is 1270. The van der Waals surface area contributed by atoms with Gasteiger partial charge in [-0.3, -0.25) is 0 Å². The summed E-state index contributed by atoms with van der Waals surface area (Å²) >= 11 is 0. The fourth-order valence-corrected chi connectivity index (χ4v) is 3.61. The minimum Gasteiger partial charge on any atom is -0.206 e. The fourth-order valence-electron chi connectivity index (χ4n) is 3.61. The van der Waals surface area contributed by atoms with Crippen molar-refractivity contribution in [2.75, 3.05) is 0 Å². The lowest BCUT2D eigenvalue weighted by molar-refractivity contribution is 0.514. The minimum absolute atomic E-state index is 0.204. The van der Waals surface area contributed by atoms with E-state index in [-0.39, 0.29) is 16.9 Å². The molecule has 0 aliphatic carbocycles. The maximum Gasteiger partial charge on any atom is 0.167 e. The van der Waals surface area contributed by atoms with Gasteiger partial charge in [-0.25, -0.2) is 13.2 Å². The molecule has 0 aromatic heterocycles. The van der Waals surface area contributed by atoms with Crippen LogP contribution in [0.1, 0.15) is 29.2 Å². The van der Waals surface area contributed by atoms with E-state index in [1.54, 1.807) is 72.8 Å². The van der Waals surface area contributed by atoms with E-state index >= 15 is 0 Å². The van der Waals surface area contributed by atoms with Gasteiger partial charge in [0.2, 0.25) is 0 Å². The van der Waals surface area contributed by atoms with Gasteiger partial charge in [0.1, 0.15) is 5.82 Å². The molecule has 0 saturated heterocycles. The summed E-state index contributed by atoms with van der Waals surface area (Å²) in [6.45, 7) is 3.93. The summed E-state index contributed by atoms with van der Waals surface area (Å²) in [5.41, 5.74) is 5.01. The van der Waals surface area contributed by atoms with E-state index in [0.29, 0.717) is 16.7 Å². The number of hydrogen-bond donors (Lipinski definition) is 0. The Morgan fingerprint density at radius 2 is 1.22 bits per heavy atom. The second-order valence-electron chi connectivity index (χ2n) is 7.82. The molecule has 0 heterocycles. The van der Waals surface area contributed by atoms with E-state index < -0.39 is 11.6 Å². The summed E-state index contributed by atoms with van der Waals surface area (Å²) in [6.07, 6.45) is 4.29. The molecule has 160 valence electrons. The molecule has 0 fully saturated rings. The van der Waals surface area contributed by atoms with E-state index in [2.05, 4.69) is 0 Å². The highest BCUT2D eigenvalue weighted by Crippen LogP contribution is 2.32. The van der Waals surface area contributed by atoms with Gasteiger partial charge in [0.15, 0.2) is 11.6 Å². The molecular weight excluding hydrogens is 405 g/mol. The van der Waals surface area contributed by atoms with Crippen LogP contribution in [-0.2, 0) is 6.42 Å². The van der Waals surface area contributed by atoms with Gasteiger partial charge >= 0.3 is 0 Å². The zero-order chi connectivity index (χ0) is 22.7. The smallest absolute Gasteiger partial charge is 0.167 e. The van der Waals surface area contributed by atoms with Crippen LogP contribution in [0.5, 0.6) is 0 Å². The Morgan fingerprint density at radius 3 is 1.75 bits per heavy atom. The number of benzene rings is 4. The summed E-state index contributed by atoms with van der Waals surface area (Å²) in [6, 6.07) is 22.8. The average molecular weight is 428 g/mol. The molecule has 0 nitrogen and oxygen atoms in total. The first-order chi connectivity index (χ1) is 15.5. The Labute approximate surface area is 186 Å². The van der Waals surface area contributed by atoms with E-state index in [4.69, 9.17) is 0 Å². The van der Waals surface area contributed by atoms with Crippen LogP contribution in [0, 0.1) is 24.4 Å². The van der Waals surface area contributed by atoms with Crippen LogP contribution in [-0.4, -0.2) is 0 Å². The Kier molecular flexibility index (Phi) is 6.27. The first kappa shape index (κ1) is 21.6. The van der Waals surface area contributed by atoms with E-state index in [9.17, 15) is 13.2 Å². The standard InChI is InChI=1S/C29H23F3/c1-3-20-6-14-24(27(30)18-20)15-9-21-7-12-23(13-8-21)26-17-16-25(28(31)29(26)32)22-10-4-19(2)5-11-22/h4-18H,3H2,1-2H3. The van der Waals surface area contributed by atoms with Crippen LogP contribution in [0.4, 0.5) is 13.2 Å². The summed E-state index contributed by atoms with van der Waals surface area (Å²) < 4.78 is 43.8. The van der Waals surface area contributed by atoms with E-state index in [1.807, 2.05) is 32.0 Å². The summed E-state index contributed by atoms with van der Waals surface area (Å²) in [4.78, 5) is 0. The van der Waals surface area contributed by atoms with Crippen molar-refractivity contribution in [2.24, 2.45) is 0 Å². The van der Waals surface area contributed by atoms with Gasteiger partial charge in [-0.2, -0.15) is 0 Å². The lowest BCUT2D eigenvalue weighted by Gasteiger charge is -2.10. The van der Waals surface area contributed by atoms with Gasteiger partial charge in [-0.15, -0.1) is 0 Å². The molecule has 0 atom stereocenters. The van der Waals surface area contributed by atoms with Gasteiger partial charge in [-0.1, -0.05) is 97.4 Å². The molecule has 3 heteroatoms. The number of rotatable bonds is 5. The molecule has 4 rings (SSSR count). The third kappa shape index (κ3) is 4.52. The van der Waals surface area contributed by atoms with Gasteiger partial charge in [-0.05, 0) is 41.7 Å². The molecule has 0 radical (unpaired) electrons. The lowest BCUT2D eigenvalue weighted by atomic mass is 9.97. The molecule has 0 spiro atoms. The second kappa shape index (κ2) is 9.27. The third-order valence-corrected chi connectivity index (χ3v) is 5.60. The number of aryl methyl sites for hydroxylation is 2. The van der Waals surface area contributed by atoms with Gasteiger partial charge in [0, 0.05) is 16.7 Å². The first-order valence-electron chi connectivity index (χ1n) is 10.6. The zero-order valence-electron chi connectivity index (χ0n) is 18.0. The summed E-state index contributed by atoms with van der Waals surface area (Å²) in [5, 5.41) is 0. The molecule has 0 aliphatic heterocycles. The molecule has 0 N–H and O–H groups in total. The number of halogens is 3. The van der Waals surface area contributed by atoms with E-state index in [0.717, 1.165) is 23.1 Å². The topological polar surface area (TPSA) is 0 Å². The highest BCUT2D eigenvalue weighted by Gasteiger charge is 2.15. The van der Waals surface area contributed by atoms with Crippen molar-refractivity contribution in [1.82, 2.24) is 0 Å². The molecule has 0 aliphatic rings. The van der Waals surface area contributed by atoms with Crippen LogP contribution in [0.2, 0.25) is 0 Å². The Morgan fingerprint density at radius 1 is 0.656 bits per heavy atom. The van der Waals surface area contributed by atoms with Crippen molar-refractivity contribution in [3.05, 3.63) is 119 Å². The molecule has 32 heavy (non-hydrogen) atoms. The minimum atomic E-state index is -0.871. The molecule has 4 aromatic rings. The van der Waals surface area contributed by atoms with Crippen LogP contribution in [0.25, 0.3) is 34.4 Å². The fraction of sp³-hybridized carbons (Fsp3) is 0.103. The molecule has 4 aromatic carbocycles. The molecular formula is C29H23F3. The predicted octanol–water partition coefficient (Wildman–Crippen LogP) is 8.48. The molecule has 0 bridgehead atoms. The zero-order valence-corrected chi connectivity index (χ0v) is 18.0.